The lowest BCUT2D eigenvalue weighted by molar-refractivity contribution is -0.186. The van der Waals surface area contributed by atoms with Gasteiger partial charge in [0.25, 0.3) is 0 Å². The Hall–Kier alpha value is -0.780. The van der Waals surface area contributed by atoms with Gasteiger partial charge in [0, 0.05) is 11.1 Å². The fourth-order valence-electron chi connectivity index (χ4n) is 3.15. The minimum atomic E-state index is -4.11. The maximum atomic E-state index is 12.9. The zero-order chi connectivity index (χ0) is 15.5. The summed E-state index contributed by atoms with van der Waals surface area (Å²) in [6.07, 6.45) is -1.83. The monoisotopic (exact) mass is 320 g/mol. The molecule has 0 bridgehead atoms. The van der Waals surface area contributed by atoms with Gasteiger partial charge in [-0.25, -0.2) is 0 Å². The first-order valence-corrected chi connectivity index (χ1v) is 7.56. The standard InChI is InChI=1S/C15H20ClF3N2/c16-13-7-2-1-4-10(13)9-14(21-20)11-5-3-6-12(8-11)15(17,18)19/h1-2,4,7,11-12,14,21H,3,5-6,8-9,20H2. The molecule has 1 aliphatic rings. The van der Waals surface area contributed by atoms with Crippen molar-refractivity contribution in [1.82, 2.24) is 5.43 Å². The summed E-state index contributed by atoms with van der Waals surface area (Å²) in [6.45, 7) is 0. The molecule has 2 rings (SSSR count). The summed E-state index contributed by atoms with van der Waals surface area (Å²) in [4.78, 5) is 0. The largest absolute Gasteiger partial charge is 0.391 e. The minimum absolute atomic E-state index is 0.0772. The Balaban J connectivity index is 2.05. The summed E-state index contributed by atoms with van der Waals surface area (Å²) in [6, 6.07) is 7.18. The molecule has 0 aromatic heterocycles. The van der Waals surface area contributed by atoms with Gasteiger partial charge in [-0.2, -0.15) is 13.2 Å². The van der Waals surface area contributed by atoms with Gasteiger partial charge in [0.15, 0.2) is 0 Å². The fourth-order valence-corrected chi connectivity index (χ4v) is 3.37. The Morgan fingerprint density at radius 2 is 2.00 bits per heavy atom. The Morgan fingerprint density at radius 1 is 1.29 bits per heavy atom. The lowest BCUT2D eigenvalue weighted by Crippen LogP contribution is -2.45. The first-order valence-electron chi connectivity index (χ1n) is 7.18. The third kappa shape index (κ3) is 4.34. The van der Waals surface area contributed by atoms with Crippen molar-refractivity contribution in [2.45, 2.75) is 44.3 Å². The van der Waals surface area contributed by atoms with Crippen LogP contribution in [0.25, 0.3) is 0 Å². The Bertz CT molecular complexity index is 464. The number of hydrogen-bond acceptors (Lipinski definition) is 2. The fraction of sp³-hybridized carbons (Fsp3) is 0.600. The highest BCUT2D eigenvalue weighted by molar-refractivity contribution is 6.31. The molecular weight excluding hydrogens is 301 g/mol. The molecule has 1 aromatic rings. The number of halogens is 4. The summed E-state index contributed by atoms with van der Waals surface area (Å²) in [5.41, 5.74) is 3.61. The van der Waals surface area contributed by atoms with Crippen molar-refractivity contribution >= 4 is 11.6 Å². The highest BCUT2D eigenvalue weighted by Crippen LogP contribution is 2.41. The average molecular weight is 321 g/mol. The van der Waals surface area contributed by atoms with Crippen LogP contribution < -0.4 is 11.3 Å². The predicted octanol–water partition coefficient (Wildman–Crippen LogP) is 4.08. The van der Waals surface area contributed by atoms with Crippen molar-refractivity contribution in [2.75, 3.05) is 0 Å². The van der Waals surface area contributed by atoms with Gasteiger partial charge in [0.05, 0.1) is 5.92 Å². The van der Waals surface area contributed by atoms with E-state index >= 15 is 0 Å². The molecule has 118 valence electrons. The van der Waals surface area contributed by atoms with Crippen LogP contribution in [0.1, 0.15) is 31.2 Å². The molecule has 3 N–H and O–H groups in total. The molecule has 0 amide bonds. The van der Waals surface area contributed by atoms with Crippen molar-refractivity contribution in [1.29, 1.82) is 0 Å². The van der Waals surface area contributed by atoms with E-state index < -0.39 is 12.1 Å². The quantitative estimate of drug-likeness (QED) is 0.648. The summed E-state index contributed by atoms with van der Waals surface area (Å²) in [7, 11) is 0. The first kappa shape index (κ1) is 16.6. The zero-order valence-electron chi connectivity index (χ0n) is 11.7. The summed E-state index contributed by atoms with van der Waals surface area (Å²) in [5, 5.41) is 0.626. The molecule has 0 heterocycles. The number of alkyl halides is 3. The second kappa shape index (κ2) is 6.99. The van der Waals surface area contributed by atoms with E-state index in [1.165, 1.54) is 0 Å². The molecule has 2 nitrogen and oxygen atoms in total. The number of nitrogens with one attached hydrogen (secondary N) is 1. The highest BCUT2D eigenvalue weighted by atomic mass is 35.5. The van der Waals surface area contributed by atoms with Crippen LogP contribution in [-0.4, -0.2) is 12.2 Å². The molecule has 1 aromatic carbocycles. The maximum absolute atomic E-state index is 12.9. The molecule has 3 atom stereocenters. The van der Waals surface area contributed by atoms with Crippen molar-refractivity contribution in [3.8, 4) is 0 Å². The SMILES string of the molecule is NNC(Cc1ccccc1Cl)C1CCCC(C(F)(F)F)C1. The van der Waals surface area contributed by atoms with Crippen molar-refractivity contribution in [3.63, 3.8) is 0 Å². The Labute approximate surface area is 127 Å². The van der Waals surface area contributed by atoms with Crippen LogP contribution in [0.4, 0.5) is 13.2 Å². The van der Waals surface area contributed by atoms with Crippen LogP contribution in [0.3, 0.4) is 0 Å². The van der Waals surface area contributed by atoms with Gasteiger partial charge >= 0.3 is 6.18 Å². The topological polar surface area (TPSA) is 38.0 Å². The summed E-state index contributed by atoms with van der Waals surface area (Å²) >= 11 is 6.12. The van der Waals surface area contributed by atoms with Crippen LogP contribution in [0.2, 0.25) is 5.02 Å². The molecule has 3 unspecified atom stereocenters. The normalized spacial score (nSPS) is 24.8. The lowest BCUT2D eigenvalue weighted by Gasteiger charge is -2.35. The van der Waals surface area contributed by atoms with Crippen LogP contribution >= 0.6 is 11.6 Å². The van der Waals surface area contributed by atoms with E-state index in [-0.39, 0.29) is 24.8 Å². The van der Waals surface area contributed by atoms with Crippen LogP contribution in [0.15, 0.2) is 24.3 Å². The molecule has 0 saturated heterocycles. The predicted molar refractivity (Wildman–Crippen MR) is 77.8 cm³/mol. The van der Waals surface area contributed by atoms with Gasteiger partial charge in [-0.15, -0.1) is 0 Å². The third-order valence-electron chi connectivity index (χ3n) is 4.36. The smallest absolute Gasteiger partial charge is 0.271 e. The van der Waals surface area contributed by atoms with Gasteiger partial charge in [-0.3, -0.25) is 11.3 Å². The minimum Gasteiger partial charge on any atom is -0.271 e. The van der Waals surface area contributed by atoms with E-state index in [1.807, 2.05) is 18.2 Å². The number of hydrogen-bond donors (Lipinski definition) is 2. The van der Waals surface area contributed by atoms with Gasteiger partial charge in [-0.05, 0) is 43.2 Å². The van der Waals surface area contributed by atoms with Gasteiger partial charge in [0.2, 0.25) is 0 Å². The highest BCUT2D eigenvalue weighted by Gasteiger charge is 2.43. The molecule has 0 aliphatic heterocycles. The molecule has 21 heavy (non-hydrogen) atoms. The third-order valence-corrected chi connectivity index (χ3v) is 4.73. The number of hydrazine groups is 1. The van der Waals surface area contributed by atoms with Gasteiger partial charge in [-0.1, -0.05) is 36.2 Å². The van der Waals surface area contributed by atoms with E-state index in [1.54, 1.807) is 6.07 Å². The van der Waals surface area contributed by atoms with E-state index in [4.69, 9.17) is 17.4 Å². The van der Waals surface area contributed by atoms with Crippen LogP contribution in [0.5, 0.6) is 0 Å². The number of benzene rings is 1. The Kier molecular flexibility index (Phi) is 5.52. The molecule has 1 saturated carbocycles. The van der Waals surface area contributed by atoms with Crippen molar-refractivity contribution in [2.24, 2.45) is 17.7 Å². The molecular formula is C15H20ClF3N2. The molecule has 0 radical (unpaired) electrons. The van der Waals surface area contributed by atoms with E-state index in [0.29, 0.717) is 17.9 Å². The zero-order valence-corrected chi connectivity index (χ0v) is 12.4. The lowest BCUT2D eigenvalue weighted by atomic mass is 9.76. The van der Waals surface area contributed by atoms with Crippen molar-refractivity contribution < 1.29 is 13.2 Å². The number of rotatable bonds is 4. The van der Waals surface area contributed by atoms with E-state index in [9.17, 15) is 13.2 Å². The summed E-state index contributed by atoms with van der Waals surface area (Å²) in [5.74, 6) is 4.29. The first-order chi connectivity index (χ1) is 9.91. The Morgan fingerprint density at radius 3 is 2.62 bits per heavy atom. The molecule has 1 fully saturated rings. The second-order valence-electron chi connectivity index (χ2n) is 5.73. The molecule has 0 spiro atoms. The van der Waals surface area contributed by atoms with Gasteiger partial charge in [0.1, 0.15) is 0 Å². The van der Waals surface area contributed by atoms with Crippen LogP contribution in [-0.2, 0) is 6.42 Å². The van der Waals surface area contributed by atoms with Gasteiger partial charge < -0.3 is 0 Å². The number of nitrogens with two attached hydrogens (primary N) is 1. The van der Waals surface area contributed by atoms with Crippen molar-refractivity contribution in [3.05, 3.63) is 34.9 Å². The maximum Gasteiger partial charge on any atom is 0.391 e. The van der Waals surface area contributed by atoms with E-state index in [0.717, 1.165) is 12.0 Å². The van der Waals surface area contributed by atoms with E-state index in [2.05, 4.69) is 5.43 Å². The molecule has 6 heteroatoms. The average Bonchev–Trinajstić information content (AvgIpc) is 2.46. The molecule has 1 aliphatic carbocycles. The van der Waals surface area contributed by atoms with Crippen LogP contribution in [0, 0.1) is 11.8 Å². The second-order valence-corrected chi connectivity index (χ2v) is 6.14. The summed E-state index contributed by atoms with van der Waals surface area (Å²) < 4.78 is 38.7.